The van der Waals surface area contributed by atoms with Crippen LogP contribution in [0.15, 0.2) is 23.2 Å². The van der Waals surface area contributed by atoms with E-state index in [0.717, 1.165) is 32.1 Å². The van der Waals surface area contributed by atoms with E-state index in [1.165, 1.54) is 18.3 Å². The molecule has 0 radical (unpaired) electrons. The molecule has 0 N–H and O–H groups in total. The lowest BCUT2D eigenvalue weighted by Gasteiger charge is -2.28. The van der Waals surface area contributed by atoms with E-state index in [2.05, 4.69) is 4.98 Å². The van der Waals surface area contributed by atoms with E-state index in [4.69, 9.17) is 11.6 Å². The summed E-state index contributed by atoms with van der Waals surface area (Å²) in [5, 5.41) is 0.212. The predicted molar refractivity (Wildman–Crippen MR) is 75.7 cm³/mol. The molecule has 0 bridgehead atoms. The number of aromatic nitrogens is 1. The maximum absolute atomic E-state index is 12.7. The average Bonchev–Trinajstić information content (AvgIpc) is 2.64. The van der Waals surface area contributed by atoms with Crippen LogP contribution in [0.3, 0.4) is 0 Å². The Morgan fingerprint density at radius 3 is 2.89 bits per heavy atom. The standard InChI is InChI=1S/C13H19ClN2O2S/c1-2-11-6-4-3-5-9-16(11)19(17,18)12-7-8-15-13(14)10-12/h7-8,10-11H,2-6,9H2,1H3. The predicted octanol–water partition coefficient (Wildman–Crippen LogP) is 3.08. The Morgan fingerprint density at radius 2 is 2.21 bits per heavy atom. The summed E-state index contributed by atoms with van der Waals surface area (Å²) in [4.78, 5) is 4.08. The van der Waals surface area contributed by atoms with E-state index in [9.17, 15) is 8.42 Å². The lowest BCUT2D eigenvalue weighted by Crippen LogP contribution is -2.39. The molecule has 2 rings (SSSR count). The van der Waals surface area contributed by atoms with Crippen LogP contribution in [0.5, 0.6) is 0 Å². The lowest BCUT2D eigenvalue weighted by molar-refractivity contribution is 0.315. The van der Waals surface area contributed by atoms with Gasteiger partial charge < -0.3 is 0 Å². The van der Waals surface area contributed by atoms with E-state index in [1.807, 2.05) is 6.92 Å². The topological polar surface area (TPSA) is 50.3 Å². The highest BCUT2D eigenvalue weighted by Crippen LogP contribution is 2.26. The van der Waals surface area contributed by atoms with Gasteiger partial charge in [0.2, 0.25) is 10.0 Å². The molecule has 1 unspecified atom stereocenters. The average molecular weight is 303 g/mol. The molecule has 1 aliphatic heterocycles. The number of pyridine rings is 1. The SMILES string of the molecule is CCC1CCCCCN1S(=O)(=O)c1ccnc(Cl)c1. The molecule has 106 valence electrons. The van der Waals surface area contributed by atoms with Crippen molar-refractivity contribution in [2.75, 3.05) is 6.54 Å². The molecule has 1 atom stereocenters. The molecule has 0 amide bonds. The van der Waals surface area contributed by atoms with E-state index in [-0.39, 0.29) is 16.1 Å². The third kappa shape index (κ3) is 3.27. The first-order valence-corrected chi connectivity index (χ1v) is 8.51. The van der Waals surface area contributed by atoms with Gasteiger partial charge in [0.05, 0.1) is 4.90 Å². The molecule has 6 heteroatoms. The Morgan fingerprint density at radius 1 is 1.42 bits per heavy atom. The fraction of sp³-hybridized carbons (Fsp3) is 0.615. The highest BCUT2D eigenvalue weighted by Gasteiger charge is 2.31. The zero-order valence-corrected chi connectivity index (χ0v) is 12.6. The number of hydrogen-bond donors (Lipinski definition) is 0. The van der Waals surface area contributed by atoms with Gasteiger partial charge in [-0.3, -0.25) is 0 Å². The van der Waals surface area contributed by atoms with Crippen molar-refractivity contribution in [1.29, 1.82) is 0 Å². The molecule has 0 saturated carbocycles. The minimum atomic E-state index is -3.46. The lowest BCUT2D eigenvalue weighted by atomic mass is 10.1. The van der Waals surface area contributed by atoms with Gasteiger partial charge in [0.1, 0.15) is 5.15 Å². The Hall–Kier alpha value is -0.650. The van der Waals surface area contributed by atoms with Gasteiger partial charge in [-0.2, -0.15) is 4.31 Å². The summed E-state index contributed by atoms with van der Waals surface area (Å²) in [5.74, 6) is 0. The van der Waals surface area contributed by atoms with Crippen LogP contribution >= 0.6 is 11.6 Å². The third-order valence-corrected chi connectivity index (χ3v) is 5.75. The van der Waals surface area contributed by atoms with Gasteiger partial charge in [-0.05, 0) is 31.4 Å². The van der Waals surface area contributed by atoms with Gasteiger partial charge in [-0.25, -0.2) is 13.4 Å². The summed E-state index contributed by atoms with van der Waals surface area (Å²) in [5.41, 5.74) is 0. The molecule has 2 heterocycles. The molecule has 4 nitrogen and oxygen atoms in total. The molecule has 0 spiro atoms. The summed E-state index contributed by atoms with van der Waals surface area (Å²) < 4.78 is 27.0. The molecule has 1 saturated heterocycles. The van der Waals surface area contributed by atoms with E-state index in [0.29, 0.717) is 6.54 Å². The van der Waals surface area contributed by atoms with Crippen LogP contribution in [0.25, 0.3) is 0 Å². The second kappa shape index (κ2) is 6.20. The molecular weight excluding hydrogens is 284 g/mol. The van der Waals surface area contributed by atoms with Crippen molar-refractivity contribution >= 4 is 21.6 Å². The van der Waals surface area contributed by atoms with Crippen molar-refractivity contribution in [2.45, 2.75) is 50.0 Å². The van der Waals surface area contributed by atoms with Gasteiger partial charge >= 0.3 is 0 Å². The van der Waals surface area contributed by atoms with Crippen LogP contribution in [0.4, 0.5) is 0 Å². The largest absolute Gasteiger partial charge is 0.244 e. The van der Waals surface area contributed by atoms with Crippen LogP contribution in [-0.4, -0.2) is 30.3 Å². The maximum Gasteiger partial charge on any atom is 0.243 e. The van der Waals surface area contributed by atoms with Gasteiger partial charge in [0.15, 0.2) is 0 Å². The Bertz CT molecular complexity index is 533. The molecule has 0 aliphatic carbocycles. The summed E-state index contributed by atoms with van der Waals surface area (Å²) >= 11 is 5.80. The molecule has 1 aromatic rings. The first-order chi connectivity index (χ1) is 9.05. The molecule has 1 aliphatic rings. The Labute approximate surface area is 119 Å². The number of hydrogen-bond acceptors (Lipinski definition) is 3. The van der Waals surface area contributed by atoms with Crippen molar-refractivity contribution in [3.63, 3.8) is 0 Å². The molecule has 1 fully saturated rings. The quantitative estimate of drug-likeness (QED) is 0.806. The minimum Gasteiger partial charge on any atom is -0.244 e. The normalized spacial score (nSPS) is 22.1. The molecule has 0 aromatic carbocycles. The number of rotatable bonds is 3. The fourth-order valence-electron chi connectivity index (χ4n) is 2.56. The second-order valence-corrected chi connectivity index (χ2v) is 7.12. The zero-order chi connectivity index (χ0) is 13.9. The van der Waals surface area contributed by atoms with E-state index < -0.39 is 10.0 Å². The number of sulfonamides is 1. The van der Waals surface area contributed by atoms with Gasteiger partial charge in [0, 0.05) is 18.8 Å². The summed E-state index contributed by atoms with van der Waals surface area (Å²) in [7, 11) is -3.46. The summed E-state index contributed by atoms with van der Waals surface area (Å²) in [6.07, 6.45) is 6.34. The fourth-order valence-corrected chi connectivity index (χ4v) is 4.57. The van der Waals surface area contributed by atoms with Crippen LogP contribution in [-0.2, 0) is 10.0 Å². The molecule has 19 heavy (non-hydrogen) atoms. The van der Waals surface area contributed by atoms with Crippen LogP contribution in [0, 0.1) is 0 Å². The van der Waals surface area contributed by atoms with Crippen LogP contribution in [0.2, 0.25) is 5.15 Å². The van der Waals surface area contributed by atoms with Gasteiger partial charge in [0.25, 0.3) is 0 Å². The van der Waals surface area contributed by atoms with Crippen LogP contribution < -0.4 is 0 Å². The first-order valence-electron chi connectivity index (χ1n) is 6.69. The van der Waals surface area contributed by atoms with Crippen molar-refractivity contribution < 1.29 is 8.42 Å². The van der Waals surface area contributed by atoms with Crippen molar-refractivity contribution in [1.82, 2.24) is 9.29 Å². The zero-order valence-electron chi connectivity index (χ0n) is 11.0. The second-order valence-electron chi connectivity index (χ2n) is 4.84. The third-order valence-electron chi connectivity index (χ3n) is 3.60. The van der Waals surface area contributed by atoms with E-state index >= 15 is 0 Å². The number of nitrogens with zero attached hydrogens (tertiary/aromatic N) is 2. The highest BCUT2D eigenvalue weighted by atomic mass is 35.5. The van der Waals surface area contributed by atoms with Crippen LogP contribution in [0.1, 0.15) is 39.0 Å². The monoisotopic (exact) mass is 302 g/mol. The first kappa shape index (κ1) is 14.8. The highest BCUT2D eigenvalue weighted by molar-refractivity contribution is 7.89. The molecular formula is C13H19ClN2O2S. The van der Waals surface area contributed by atoms with Gasteiger partial charge in [-0.1, -0.05) is 31.4 Å². The Balaban J connectivity index is 2.36. The smallest absolute Gasteiger partial charge is 0.243 e. The van der Waals surface area contributed by atoms with Gasteiger partial charge in [-0.15, -0.1) is 0 Å². The summed E-state index contributed by atoms with van der Waals surface area (Å²) in [6.45, 7) is 2.64. The molecule has 1 aromatic heterocycles. The minimum absolute atomic E-state index is 0.0967. The van der Waals surface area contributed by atoms with Crippen molar-refractivity contribution in [3.05, 3.63) is 23.5 Å². The number of halogens is 1. The summed E-state index contributed by atoms with van der Waals surface area (Å²) in [6, 6.07) is 3.03. The maximum atomic E-state index is 12.7. The van der Waals surface area contributed by atoms with Crippen molar-refractivity contribution in [3.8, 4) is 0 Å². The Kier molecular flexibility index (Phi) is 4.81. The van der Waals surface area contributed by atoms with Crippen molar-refractivity contribution in [2.24, 2.45) is 0 Å². The van der Waals surface area contributed by atoms with E-state index in [1.54, 1.807) is 4.31 Å².